The summed E-state index contributed by atoms with van der Waals surface area (Å²) < 4.78 is 5.66. The fourth-order valence-electron chi connectivity index (χ4n) is 4.01. The molecule has 106 valence electrons. The Bertz CT molecular complexity index is 376. The molecular weight excluding hydrogens is 236 g/mol. The van der Waals surface area contributed by atoms with Crippen LogP contribution in [0.25, 0.3) is 0 Å². The highest BCUT2D eigenvalue weighted by atomic mass is 16.3. The number of hydrogen-bond acceptors (Lipinski definition) is 3. The van der Waals surface area contributed by atoms with Crippen LogP contribution in [0.5, 0.6) is 0 Å². The van der Waals surface area contributed by atoms with Crippen molar-refractivity contribution in [3.63, 3.8) is 0 Å². The van der Waals surface area contributed by atoms with Gasteiger partial charge in [0.05, 0.1) is 12.3 Å². The van der Waals surface area contributed by atoms with Crippen LogP contribution in [-0.4, -0.2) is 31.1 Å². The lowest BCUT2D eigenvalue weighted by molar-refractivity contribution is 0.0295. The van der Waals surface area contributed by atoms with Crippen LogP contribution >= 0.6 is 0 Å². The topological polar surface area (TPSA) is 28.4 Å². The molecule has 3 heterocycles. The number of nitrogens with one attached hydrogen (secondary N) is 1. The normalized spacial score (nSPS) is 30.6. The van der Waals surface area contributed by atoms with Crippen LogP contribution in [0.1, 0.15) is 50.8 Å². The van der Waals surface area contributed by atoms with E-state index in [0.29, 0.717) is 11.5 Å². The summed E-state index contributed by atoms with van der Waals surface area (Å²) in [7, 11) is 0. The minimum Gasteiger partial charge on any atom is -0.468 e. The Kier molecular flexibility index (Phi) is 3.94. The fraction of sp³-hybridized carbons (Fsp3) is 0.750. The van der Waals surface area contributed by atoms with Crippen LogP contribution in [0.3, 0.4) is 0 Å². The first kappa shape index (κ1) is 13.2. The molecule has 0 aliphatic carbocycles. The van der Waals surface area contributed by atoms with Gasteiger partial charge in [0, 0.05) is 13.1 Å². The average Bonchev–Trinajstić information content (AvgIpc) is 2.95. The second-order valence-corrected chi connectivity index (χ2v) is 6.29. The fourth-order valence-corrected chi connectivity index (χ4v) is 4.01. The van der Waals surface area contributed by atoms with E-state index in [4.69, 9.17) is 4.42 Å². The molecular formula is C16H26N2O. The first-order valence-electron chi connectivity index (χ1n) is 7.81. The summed E-state index contributed by atoms with van der Waals surface area (Å²) in [4.78, 5) is 2.66. The average molecular weight is 262 g/mol. The molecule has 2 aliphatic heterocycles. The molecule has 2 unspecified atom stereocenters. The van der Waals surface area contributed by atoms with E-state index in [0.717, 1.165) is 12.2 Å². The second kappa shape index (κ2) is 5.68. The molecule has 3 nitrogen and oxygen atoms in total. The van der Waals surface area contributed by atoms with Crippen molar-refractivity contribution in [2.75, 3.05) is 26.2 Å². The molecule has 19 heavy (non-hydrogen) atoms. The van der Waals surface area contributed by atoms with Gasteiger partial charge in [-0.2, -0.15) is 0 Å². The van der Waals surface area contributed by atoms with E-state index in [9.17, 15) is 0 Å². The maximum atomic E-state index is 5.66. The van der Waals surface area contributed by atoms with Gasteiger partial charge in [-0.05, 0) is 62.7 Å². The zero-order valence-corrected chi connectivity index (χ0v) is 12.0. The molecule has 3 heteroatoms. The van der Waals surface area contributed by atoms with E-state index in [2.05, 4.69) is 23.2 Å². The largest absolute Gasteiger partial charge is 0.468 e. The van der Waals surface area contributed by atoms with Crippen molar-refractivity contribution in [2.24, 2.45) is 5.41 Å². The van der Waals surface area contributed by atoms with Crippen LogP contribution < -0.4 is 5.32 Å². The first-order chi connectivity index (χ1) is 9.33. The molecule has 0 radical (unpaired) electrons. The maximum Gasteiger partial charge on any atom is 0.120 e. The van der Waals surface area contributed by atoms with Crippen molar-refractivity contribution in [2.45, 2.75) is 45.1 Å². The lowest BCUT2D eigenvalue weighted by Gasteiger charge is -2.47. The first-order valence-corrected chi connectivity index (χ1v) is 7.81. The Morgan fingerprint density at radius 3 is 3.00 bits per heavy atom. The van der Waals surface area contributed by atoms with Gasteiger partial charge in [-0.1, -0.05) is 6.92 Å². The molecule has 0 amide bonds. The number of piperidine rings is 2. The summed E-state index contributed by atoms with van der Waals surface area (Å²) in [5.41, 5.74) is 0.524. The Morgan fingerprint density at radius 1 is 1.42 bits per heavy atom. The summed E-state index contributed by atoms with van der Waals surface area (Å²) >= 11 is 0. The van der Waals surface area contributed by atoms with Crippen molar-refractivity contribution in [3.05, 3.63) is 24.2 Å². The molecule has 1 aromatic heterocycles. The van der Waals surface area contributed by atoms with E-state index < -0.39 is 0 Å². The van der Waals surface area contributed by atoms with Gasteiger partial charge in [0.15, 0.2) is 0 Å². The molecule has 0 saturated carbocycles. The number of rotatable bonds is 3. The van der Waals surface area contributed by atoms with E-state index >= 15 is 0 Å². The van der Waals surface area contributed by atoms with Gasteiger partial charge >= 0.3 is 0 Å². The van der Waals surface area contributed by atoms with E-state index in [1.54, 1.807) is 6.26 Å². The highest BCUT2D eigenvalue weighted by Gasteiger charge is 2.38. The third-order valence-electron chi connectivity index (χ3n) is 4.95. The van der Waals surface area contributed by atoms with Gasteiger partial charge in [-0.15, -0.1) is 0 Å². The standard InChI is InChI=1S/C16H26N2O/c1-2-14(15-6-3-11-19-15)18-10-5-8-16(13-18)7-4-9-17-12-16/h3,6,11,14,17H,2,4-5,7-10,12-13H2,1H3. The Balaban J connectivity index is 1.73. The van der Waals surface area contributed by atoms with Gasteiger partial charge in [0.2, 0.25) is 0 Å². The van der Waals surface area contributed by atoms with Gasteiger partial charge in [0.25, 0.3) is 0 Å². The third-order valence-corrected chi connectivity index (χ3v) is 4.95. The van der Waals surface area contributed by atoms with Crippen molar-refractivity contribution in [1.29, 1.82) is 0 Å². The van der Waals surface area contributed by atoms with Crippen LogP contribution in [0, 0.1) is 5.41 Å². The molecule has 1 aromatic rings. The van der Waals surface area contributed by atoms with Crippen LogP contribution in [0.2, 0.25) is 0 Å². The highest BCUT2D eigenvalue weighted by Crippen LogP contribution is 2.39. The summed E-state index contributed by atoms with van der Waals surface area (Å²) in [6.07, 6.45) is 8.40. The Hall–Kier alpha value is -0.800. The summed E-state index contributed by atoms with van der Waals surface area (Å²) in [6.45, 7) is 7.14. The molecule has 1 N–H and O–H groups in total. The lowest BCUT2D eigenvalue weighted by atomic mass is 9.74. The number of furan rings is 1. The second-order valence-electron chi connectivity index (χ2n) is 6.29. The van der Waals surface area contributed by atoms with Crippen molar-refractivity contribution in [3.8, 4) is 0 Å². The number of likely N-dealkylation sites (tertiary alicyclic amines) is 1. The van der Waals surface area contributed by atoms with Crippen LogP contribution in [0.15, 0.2) is 22.8 Å². The minimum absolute atomic E-state index is 0.467. The SMILES string of the molecule is CCC(c1ccco1)N1CCCC2(CCCNC2)C1. The molecule has 2 atom stereocenters. The van der Waals surface area contributed by atoms with Gasteiger partial charge < -0.3 is 9.73 Å². The van der Waals surface area contributed by atoms with E-state index in [1.165, 1.54) is 51.9 Å². The predicted octanol–water partition coefficient (Wildman–Crippen LogP) is 3.20. The summed E-state index contributed by atoms with van der Waals surface area (Å²) in [5, 5.41) is 3.61. The van der Waals surface area contributed by atoms with E-state index in [-0.39, 0.29) is 0 Å². The molecule has 3 rings (SSSR count). The van der Waals surface area contributed by atoms with Crippen molar-refractivity contribution >= 4 is 0 Å². The van der Waals surface area contributed by atoms with E-state index in [1.807, 2.05) is 6.07 Å². The molecule has 1 spiro atoms. The Morgan fingerprint density at radius 2 is 2.32 bits per heavy atom. The zero-order valence-electron chi connectivity index (χ0n) is 12.0. The molecule has 2 aliphatic rings. The smallest absolute Gasteiger partial charge is 0.120 e. The maximum absolute atomic E-state index is 5.66. The van der Waals surface area contributed by atoms with Gasteiger partial charge in [-0.3, -0.25) is 4.90 Å². The molecule has 0 bridgehead atoms. The van der Waals surface area contributed by atoms with Crippen molar-refractivity contribution in [1.82, 2.24) is 10.2 Å². The monoisotopic (exact) mass is 262 g/mol. The molecule has 2 fully saturated rings. The third kappa shape index (κ3) is 2.72. The van der Waals surface area contributed by atoms with Crippen LogP contribution in [0.4, 0.5) is 0 Å². The quantitative estimate of drug-likeness (QED) is 0.907. The lowest BCUT2D eigenvalue weighted by Crippen LogP contribution is -2.51. The van der Waals surface area contributed by atoms with Crippen LogP contribution in [-0.2, 0) is 0 Å². The number of nitrogens with zero attached hydrogens (tertiary/aromatic N) is 1. The molecule has 0 aromatic carbocycles. The van der Waals surface area contributed by atoms with Crippen molar-refractivity contribution < 1.29 is 4.42 Å². The predicted molar refractivity (Wildman–Crippen MR) is 77.1 cm³/mol. The Labute approximate surface area is 116 Å². The number of hydrogen-bond donors (Lipinski definition) is 1. The van der Waals surface area contributed by atoms with Gasteiger partial charge in [0.1, 0.15) is 5.76 Å². The zero-order chi connectivity index (χ0) is 13.1. The summed E-state index contributed by atoms with van der Waals surface area (Å²) in [5.74, 6) is 1.14. The summed E-state index contributed by atoms with van der Waals surface area (Å²) in [6, 6.07) is 4.61. The molecule has 2 saturated heterocycles. The van der Waals surface area contributed by atoms with Gasteiger partial charge in [-0.25, -0.2) is 0 Å². The highest BCUT2D eigenvalue weighted by molar-refractivity contribution is 5.06. The minimum atomic E-state index is 0.467.